The minimum atomic E-state index is -0.513. The van der Waals surface area contributed by atoms with Crippen molar-refractivity contribution in [1.29, 1.82) is 0 Å². The molecule has 284 valence electrons. The highest BCUT2D eigenvalue weighted by Gasteiger charge is 2.16. The molecule has 0 amide bonds. The summed E-state index contributed by atoms with van der Waals surface area (Å²) in [5, 5.41) is 21.5. The molecular formula is C42H87NO4. The molecule has 0 aromatic rings. The van der Waals surface area contributed by atoms with Crippen LogP contribution in [-0.4, -0.2) is 73.4 Å². The molecule has 0 aliphatic heterocycles. The fourth-order valence-corrected chi connectivity index (χ4v) is 6.60. The highest BCUT2D eigenvalue weighted by Crippen LogP contribution is 2.13. The molecule has 0 fully saturated rings. The van der Waals surface area contributed by atoms with E-state index in [1.165, 1.54) is 173 Å². The number of rotatable bonds is 41. The fraction of sp³-hybridized carbons (Fsp3) is 1.00. The van der Waals surface area contributed by atoms with Crippen molar-refractivity contribution in [3.05, 3.63) is 0 Å². The standard InChI is InChI=1S/C42H87NO4/c1-4-7-10-13-16-19-22-25-28-31-34-43(37-41(44)39-46-35-32-29-26-23-20-17-14-11-8-5-2)38-42(45)40-47-36-33-30-27-24-21-18-15-12-9-6-3/h41-42,44-45H,4-40H2,1-3H3. The minimum absolute atomic E-state index is 0.386. The van der Waals surface area contributed by atoms with E-state index in [4.69, 9.17) is 9.47 Å². The molecule has 0 bridgehead atoms. The molecule has 0 radical (unpaired) electrons. The molecule has 0 aromatic heterocycles. The molecule has 0 heterocycles. The molecular weight excluding hydrogens is 582 g/mol. The third kappa shape index (κ3) is 38.5. The first-order chi connectivity index (χ1) is 23.1. The normalized spacial score (nSPS) is 13.1. The van der Waals surface area contributed by atoms with Gasteiger partial charge in [-0.15, -0.1) is 0 Å². The van der Waals surface area contributed by atoms with Gasteiger partial charge in [-0.05, 0) is 25.8 Å². The van der Waals surface area contributed by atoms with Crippen LogP contribution in [0.2, 0.25) is 0 Å². The molecule has 2 unspecified atom stereocenters. The van der Waals surface area contributed by atoms with E-state index in [9.17, 15) is 10.2 Å². The number of aliphatic hydroxyl groups excluding tert-OH is 2. The summed E-state index contributed by atoms with van der Waals surface area (Å²) in [5.41, 5.74) is 0. The smallest absolute Gasteiger partial charge is 0.0900 e. The third-order valence-corrected chi connectivity index (χ3v) is 9.67. The van der Waals surface area contributed by atoms with Crippen molar-refractivity contribution in [2.24, 2.45) is 0 Å². The van der Waals surface area contributed by atoms with Crippen molar-refractivity contribution >= 4 is 0 Å². The van der Waals surface area contributed by atoms with Crippen LogP contribution in [0.25, 0.3) is 0 Å². The van der Waals surface area contributed by atoms with Crippen LogP contribution in [0.4, 0.5) is 0 Å². The number of ether oxygens (including phenoxy) is 2. The first kappa shape index (κ1) is 46.8. The monoisotopic (exact) mass is 670 g/mol. The Morgan fingerprint density at radius 1 is 0.362 bits per heavy atom. The second-order valence-electron chi connectivity index (χ2n) is 14.8. The van der Waals surface area contributed by atoms with Crippen molar-refractivity contribution in [3.63, 3.8) is 0 Å². The van der Waals surface area contributed by atoms with Crippen LogP contribution in [0, 0.1) is 0 Å². The maximum Gasteiger partial charge on any atom is 0.0900 e. The summed E-state index contributed by atoms with van der Waals surface area (Å²) in [6, 6.07) is 0. The second kappa shape index (κ2) is 40.2. The van der Waals surface area contributed by atoms with E-state index < -0.39 is 12.2 Å². The van der Waals surface area contributed by atoms with Crippen molar-refractivity contribution in [2.75, 3.05) is 46.1 Å². The van der Waals surface area contributed by atoms with Crippen LogP contribution < -0.4 is 0 Å². The zero-order chi connectivity index (χ0) is 34.3. The highest BCUT2D eigenvalue weighted by molar-refractivity contribution is 4.69. The molecule has 0 rings (SSSR count). The van der Waals surface area contributed by atoms with E-state index >= 15 is 0 Å². The van der Waals surface area contributed by atoms with Gasteiger partial charge in [0.1, 0.15) is 0 Å². The van der Waals surface area contributed by atoms with E-state index in [1.807, 2.05) is 0 Å². The largest absolute Gasteiger partial charge is 0.389 e. The molecule has 0 saturated carbocycles. The van der Waals surface area contributed by atoms with Gasteiger partial charge in [-0.2, -0.15) is 0 Å². The molecule has 0 aliphatic carbocycles. The van der Waals surface area contributed by atoms with E-state index in [0.29, 0.717) is 26.3 Å². The van der Waals surface area contributed by atoms with Crippen LogP contribution >= 0.6 is 0 Å². The van der Waals surface area contributed by atoms with E-state index in [0.717, 1.165) is 39.0 Å². The lowest BCUT2D eigenvalue weighted by Gasteiger charge is -2.27. The first-order valence-electron chi connectivity index (χ1n) is 21.4. The topological polar surface area (TPSA) is 62.2 Å². The molecule has 2 atom stereocenters. The quantitative estimate of drug-likeness (QED) is 0.0634. The molecule has 0 aliphatic rings. The Morgan fingerprint density at radius 2 is 0.617 bits per heavy atom. The summed E-state index contributed by atoms with van der Waals surface area (Å²) in [6.45, 7) is 11.1. The van der Waals surface area contributed by atoms with Gasteiger partial charge in [0.15, 0.2) is 0 Å². The average Bonchev–Trinajstić information content (AvgIpc) is 3.06. The van der Waals surface area contributed by atoms with Gasteiger partial charge in [-0.1, -0.05) is 194 Å². The number of hydrogen-bond donors (Lipinski definition) is 2. The van der Waals surface area contributed by atoms with E-state index in [-0.39, 0.29) is 0 Å². The zero-order valence-corrected chi connectivity index (χ0v) is 32.5. The van der Waals surface area contributed by atoms with Gasteiger partial charge in [0.05, 0.1) is 25.4 Å². The summed E-state index contributed by atoms with van der Waals surface area (Å²) in [4.78, 5) is 2.24. The summed E-state index contributed by atoms with van der Waals surface area (Å²) in [5.74, 6) is 0. The van der Waals surface area contributed by atoms with Gasteiger partial charge in [-0.3, -0.25) is 4.90 Å². The van der Waals surface area contributed by atoms with Gasteiger partial charge in [0, 0.05) is 26.3 Å². The lowest BCUT2D eigenvalue weighted by molar-refractivity contribution is -0.0113. The van der Waals surface area contributed by atoms with Crippen LogP contribution in [0.5, 0.6) is 0 Å². The molecule has 5 nitrogen and oxygen atoms in total. The maximum absolute atomic E-state index is 10.8. The Hall–Kier alpha value is -0.200. The second-order valence-corrected chi connectivity index (χ2v) is 14.8. The molecule has 0 saturated heterocycles. The van der Waals surface area contributed by atoms with Crippen LogP contribution in [0.3, 0.4) is 0 Å². The van der Waals surface area contributed by atoms with E-state index in [2.05, 4.69) is 25.7 Å². The molecule has 47 heavy (non-hydrogen) atoms. The Labute approximate surface area is 295 Å². The minimum Gasteiger partial charge on any atom is -0.389 e. The van der Waals surface area contributed by atoms with Crippen molar-refractivity contribution < 1.29 is 19.7 Å². The van der Waals surface area contributed by atoms with Crippen LogP contribution in [0.15, 0.2) is 0 Å². The number of aliphatic hydroxyl groups is 2. The lowest BCUT2D eigenvalue weighted by atomic mass is 10.1. The summed E-state index contributed by atoms with van der Waals surface area (Å²) in [7, 11) is 0. The Balaban J connectivity index is 4.16. The summed E-state index contributed by atoms with van der Waals surface area (Å²) < 4.78 is 11.7. The Bertz CT molecular complexity index is 527. The first-order valence-corrected chi connectivity index (χ1v) is 21.4. The number of nitrogens with zero attached hydrogens (tertiary/aromatic N) is 1. The third-order valence-electron chi connectivity index (χ3n) is 9.67. The molecule has 0 aromatic carbocycles. The van der Waals surface area contributed by atoms with Crippen molar-refractivity contribution in [3.8, 4) is 0 Å². The van der Waals surface area contributed by atoms with Gasteiger partial charge in [0.25, 0.3) is 0 Å². The fourth-order valence-electron chi connectivity index (χ4n) is 6.60. The van der Waals surface area contributed by atoms with Crippen molar-refractivity contribution in [1.82, 2.24) is 4.90 Å². The van der Waals surface area contributed by atoms with Crippen molar-refractivity contribution in [2.45, 2.75) is 226 Å². The van der Waals surface area contributed by atoms with Crippen LogP contribution in [0.1, 0.15) is 213 Å². The Kier molecular flexibility index (Phi) is 40.1. The molecule has 0 spiro atoms. The van der Waals surface area contributed by atoms with Gasteiger partial charge in [-0.25, -0.2) is 0 Å². The average molecular weight is 670 g/mol. The summed E-state index contributed by atoms with van der Waals surface area (Å²) in [6.07, 6.45) is 38.6. The predicted octanol–water partition coefficient (Wildman–Crippen LogP) is 11.8. The Morgan fingerprint density at radius 3 is 0.915 bits per heavy atom. The number of unbranched alkanes of at least 4 members (excludes halogenated alkanes) is 27. The zero-order valence-electron chi connectivity index (χ0n) is 32.5. The van der Waals surface area contributed by atoms with Gasteiger partial charge >= 0.3 is 0 Å². The predicted molar refractivity (Wildman–Crippen MR) is 206 cm³/mol. The lowest BCUT2D eigenvalue weighted by Crippen LogP contribution is -2.41. The maximum atomic E-state index is 10.8. The number of hydrogen-bond acceptors (Lipinski definition) is 5. The van der Waals surface area contributed by atoms with Gasteiger partial charge < -0.3 is 19.7 Å². The molecule has 5 heteroatoms. The highest BCUT2D eigenvalue weighted by atomic mass is 16.5. The van der Waals surface area contributed by atoms with E-state index in [1.54, 1.807) is 0 Å². The van der Waals surface area contributed by atoms with Crippen LogP contribution in [-0.2, 0) is 9.47 Å². The summed E-state index contributed by atoms with van der Waals surface area (Å²) >= 11 is 0. The SMILES string of the molecule is CCCCCCCCCCCCOCC(O)CN(CCCCCCCCCCCC)CC(O)COCCCCCCCCCCCC. The van der Waals surface area contributed by atoms with Gasteiger partial charge in [0.2, 0.25) is 0 Å². The molecule has 2 N–H and O–H groups in total.